The number of hydrogen-bond donors (Lipinski definition) is 0. The molecular formula is C20H24O7. The number of ether oxygens (including phenoxy) is 4. The molecule has 1 heterocycles. The summed E-state index contributed by atoms with van der Waals surface area (Å²) in [5.74, 6) is -2.20. The van der Waals surface area contributed by atoms with Crippen molar-refractivity contribution in [1.29, 1.82) is 0 Å². The number of benzene rings is 1. The summed E-state index contributed by atoms with van der Waals surface area (Å²) in [6.45, 7) is 6.64. The van der Waals surface area contributed by atoms with Gasteiger partial charge in [0.05, 0.1) is 13.2 Å². The Morgan fingerprint density at radius 2 is 1.63 bits per heavy atom. The summed E-state index contributed by atoms with van der Waals surface area (Å²) in [6.07, 6.45) is 1.04. The zero-order valence-electron chi connectivity index (χ0n) is 15.6. The molecule has 0 bridgehead atoms. The van der Waals surface area contributed by atoms with Crippen LogP contribution < -0.4 is 0 Å². The molecule has 1 saturated heterocycles. The summed E-state index contributed by atoms with van der Waals surface area (Å²) >= 11 is 0. The molecule has 0 N–H and O–H groups in total. The summed E-state index contributed by atoms with van der Waals surface area (Å²) in [5, 5.41) is 0. The van der Waals surface area contributed by atoms with Crippen molar-refractivity contribution >= 4 is 17.9 Å². The van der Waals surface area contributed by atoms with Crippen LogP contribution in [0.2, 0.25) is 0 Å². The van der Waals surface area contributed by atoms with Gasteiger partial charge in [0.25, 0.3) is 0 Å². The number of esters is 3. The van der Waals surface area contributed by atoms with Crippen LogP contribution in [-0.2, 0) is 38.9 Å². The SMILES string of the molecule is C=C(C)C(=O)OCC(=O)OCC(=O)OC1(c2ccc(C)cc2)CCOCC1. The van der Waals surface area contributed by atoms with Crippen LogP contribution in [0.5, 0.6) is 0 Å². The zero-order chi connectivity index (χ0) is 19.9. The van der Waals surface area contributed by atoms with E-state index in [-0.39, 0.29) is 5.57 Å². The number of rotatable bonds is 7. The van der Waals surface area contributed by atoms with Gasteiger partial charge in [-0.1, -0.05) is 36.4 Å². The van der Waals surface area contributed by atoms with Gasteiger partial charge in [-0.2, -0.15) is 0 Å². The molecular weight excluding hydrogens is 352 g/mol. The summed E-state index contributed by atoms with van der Waals surface area (Å²) in [6, 6.07) is 7.76. The molecule has 0 amide bonds. The molecule has 0 aliphatic carbocycles. The summed E-state index contributed by atoms with van der Waals surface area (Å²) in [7, 11) is 0. The molecule has 0 atom stereocenters. The Bertz CT molecular complexity index is 700. The van der Waals surface area contributed by atoms with Crippen molar-refractivity contribution < 1.29 is 33.3 Å². The van der Waals surface area contributed by atoms with Crippen LogP contribution in [0.4, 0.5) is 0 Å². The zero-order valence-corrected chi connectivity index (χ0v) is 15.6. The third kappa shape index (κ3) is 5.92. The van der Waals surface area contributed by atoms with Gasteiger partial charge in [-0.25, -0.2) is 14.4 Å². The Kier molecular flexibility index (Phi) is 7.12. The first kappa shape index (κ1) is 20.6. The molecule has 7 nitrogen and oxygen atoms in total. The minimum Gasteiger partial charge on any atom is -0.451 e. The first-order valence-electron chi connectivity index (χ1n) is 8.67. The Morgan fingerprint density at radius 3 is 2.22 bits per heavy atom. The van der Waals surface area contributed by atoms with Crippen LogP contribution >= 0.6 is 0 Å². The minimum absolute atomic E-state index is 0.168. The van der Waals surface area contributed by atoms with E-state index in [2.05, 4.69) is 11.3 Å². The normalized spacial score (nSPS) is 15.5. The van der Waals surface area contributed by atoms with Crippen molar-refractivity contribution in [1.82, 2.24) is 0 Å². The van der Waals surface area contributed by atoms with Crippen LogP contribution in [0.15, 0.2) is 36.4 Å². The van der Waals surface area contributed by atoms with Crippen molar-refractivity contribution in [3.63, 3.8) is 0 Å². The molecule has 1 aliphatic heterocycles. The van der Waals surface area contributed by atoms with Gasteiger partial charge in [0.15, 0.2) is 13.2 Å². The van der Waals surface area contributed by atoms with E-state index in [1.54, 1.807) is 0 Å². The van der Waals surface area contributed by atoms with Crippen molar-refractivity contribution in [3.05, 3.63) is 47.5 Å². The summed E-state index contributed by atoms with van der Waals surface area (Å²) in [4.78, 5) is 35.1. The Balaban J connectivity index is 1.92. The maximum atomic E-state index is 12.2. The lowest BCUT2D eigenvalue weighted by molar-refractivity contribution is -0.180. The van der Waals surface area contributed by atoms with E-state index in [9.17, 15) is 14.4 Å². The third-order valence-corrected chi connectivity index (χ3v) is 4.21. The van der Waals surface area contributed by atoms with Crippen molar-refractivity contribution in [2.75, 3.05) is 26.4 Å². The fraction of sp³-hybridized carbons (Fsp3) is 0.450. The first-order valence-corrected chi connectivity index (χ1v) is 8.67. The molecule has 0 saturated carbocycles. The van der Waals surface area contributed by atoms with Gasteiger partial charge in [-0.15, -0.1) is 0 Å². The topological polar surface area (TPSA) is 88.1 Å². The second-order valence-corrected chi connectivity index (χ2v) is 6.46. The standard InChI is InChI=1S/C20H24O7/c1-14(2)19(23)26-12-17(21)25-13-18(22)27-20(8-10-24-11-9-20)16-6-4-15(3)5-7-16/h4-7H,1,8-13H2,2-3H3. The number of aryl methyl sites for hydroxylation is 1. The van der Waals surface area contributed by atoms with E-state index in [0.717, 1.165) is 11.1 Å². The molecule has 1 aromatic rings. The second-order valence-electron chi connectivity index (χ2n) is 6.46. The first-order chi connectivity index (χ1) is 12.8. The predicted molar refractivity (Wildman–Crippen MR) is 95.7 cm³/mol. The van der Waals surface area contributed by atoms with Crippen LogP contribution in [0, 0.1) is 6.92 Å². The van der Waals surface area contributed by atoms with Gasteiger partial charge >= 0.3 is 17.9 Å². The number of carbonyl (C=O) groups is 3. The van der Waals surface area contributed by atoms with E-state index in [0.29, 0.717) is 26.1 Å². The highest BCUT2D eigenvalue weighted by Gasteiger charge is 2.38. The van der Waals surface area contributed by atoms with Crippen molar-refractivity contribution in [2.24, 2.45) is 0 Å². The maximum Gasteiger partial charge on any atom is 0.345 e. The van der Waals surface area contributed by atoms with Crippen molar-refractivity contribution in [2.45, 2.75) is 32.3 Å². The van der Waals surface area contributed by atoms with Gasteiger partial charge in [-0.05, 0) is 19.4 Å². The van der Waals surface area contributed by atoms with E-state index in [1.807, 2.05) is 31.2 Å². The van der Waals surface area contributed by atoms with Crippen LogP contribution in [0.25, 0.3) is 0 Å². The maximum absolute atomic E-state index is 12.2. The van der Waals surface area contributed by atoms with Crippen LogP contribution in [-0.4, -0.2) is 44.3 Å². The summed E-state index contributed by atoms with van der Waals surface area (Å²) in [5.41, 5.74) is 1.35. The lowest BCUT2D eigenvalue weighted by Gasteiger charge is -2.37. The summed E-state index contributed by atoms with van der Waals surface area (Å²) < 4.78 is 20.6. The van der Waals surface area contributed by atoms with E-state index in [4.69, 9.17) is 14.2 Å². The van der Waals surface area contributed by atoms with Gasteiger partial charge in [-0.3, -0.25) is 0 Å². The largest absolute Gasteiger partial charge is 0.451 e. The van der Waals surface area contributed by atoms with E-state index < -0.39 is 36.7 Å². The molecule has 0 aromatic heterocycles. The monoisotopic (exact) mass is 376 g/mol. The molecule has 1 fully saturated rings. The van der Waals surface area contributed by atoms with Crippen LogP contribution in [0.1, 0.15) is 30.9 Å². The second kappa shape index (κ2) is 9.32. The Hall–Kier alpha value is -2.67. The van der Waals surface area contributed by atoms with E-state index in [1.165, 1.54) is 6.92 Å². The fourth-order valence-corrected chi connectivity index (χ4v) is 2.68. The molecule has 146 valence electrons. The molecule has 2 rings (SSSR count). The fourth-order valence-electron chi connectivity index (χ4n) is 2.68. The lowest BCUT2D eigenvalue weighted by atomic mass is 9.85. The minimum atomic E-state index is -0.835. The molecule has 0 spiro atoms. The average molecular weight is 376 g/mol. The smallest absolute Gasteiger partial charge is 0.345 e. The predicted octanol–water partition coefficient (Wildman–Crippen LogP) is 2.21. The molecule has 1 aliphatic rings. The Morgan fingerprint density at radius 1 is 1.04 bits per heavy atom. The average Bonchev–Trinajstić information content (AvgIpc) is 2.65. The van der Waals surface area contributed by atoms with Gasteiger partial charge < -0.3 is 18.9 Å². The highest BCUT2D eigenvalue weighted by molar-refractivity contribution is 5.88. The number of hydrogen-bond acceptors (Lipinski definition) is 7. The highest BCUT2D eigenvalue weighted by Crippen LogP contribution is 2.36. The van der Waals surface area contributed by atoms with Gasteiger partial charge in [0, 0.05) is 18.4 Å². The molecule has 7 heteroatoms. The molecule has 1 aromatic carbocycles. The van der Waals surface area contributed by atoms with Gasteiger partial charge in [0.2, 0.25) is 0 Å². The molecule has 0 radical (unpaired) electrons. The Labute approximate surface area is 158 Å². The number of carbonyl (C=O) groups excluding carboxylic acids is 3. The third-order valence-electron chi connectivity index (χ3n) is 4.21. The van der Waals surface area contributed by atoms with E-state index >= 15 is 0 Å². The highest BCUT2D eigenvalue weighted by atomic mass is 16.6. The molecule has 27 heavy (non-hydrogen) atoms. The molecule has 0 unspecified atom stereocenters. The quantitative estimate of drug-likeness (QED) is 0.409. The van der Waals surface area contributed by atoms with Crippen molar-refractivity contribution in [3.8, 4) is 0 Å². The van der Waals surface area contributed by atoms with Gasteiger partial charge in [0.1, 0.15) is 5.60 Å². The lowest BCUT2D eigenvalue weighted by Crippen LogP contribution is -2.39. The van der Waals surface area contributed by atoms with Crippen LogP contribution in [0.3, 0.4) is 0 Å².